The molecule has 0 saturated carbocycles. The van der Waals surface area contributed by atoms with Crippen molar-refractivity contribution in [2.45, 2.75) is 26.7 Å². The van der Waals surface area contributed by atoms with Crippen molar-refractivity contribution in [1.82, 2.24) is 4.90 Å². The van der Waals surface area contributed by atoms with Crippen molar-refractivity contribution in [3.8, 4) is 5.75 Å². The molecule has 0 aromatic heterocycles. The Morgan fingerprint density at radius 1 is 1.22 bits per heavy atom. The van der Waals surface area contributed by atoms with Crippen molar-refractivity contribution in [3.63, 3.8) is 0 Å². The first kappa shape index (κ1) is 15.0. The van der Waals surface area contributed by atoms with Crippen molar-refractivity contribution in [1.29, 1.82) is 0 Å². The third kappa shape index (κ3) is 5.52. The Bertz CT molecular complexity index is 324. The van der Waals surface area contributed by atoms with Gasteiger partial charge in [-0.3, -0.25) is 0 Å². The largest absolute Gasteiger partial charge is 0.494 e. The minimum absolute atomic E-state index is 0.686. The molecule has 0 heterocycles. The van der Waals surface area contributed by atoms with Gasteiger partial charge >= 0.3 is 0 Å². The summed E-state index contributed by atoms with van der Waals surface area (Å²) in [7, 11) is 0. The highest BCUT2D eigenvalue weighted by molar-refractivity contribution is 5.28. The molecule has 0 unspecified atom stereocenters. The van der Waals surface area contributed by atoms with E-state index in [1.807, 2.05) is 12.1 Å². The molecule has 0 radical (unpaired) electrons. The Morgan fingerprint density at radius 2 is 2.00 bits per heavy atom. The summed E-state index contributed by atoms with van der Waals surface area (Å²) in [5, 5.41) is 0. The number of nitrogens with two attached hydrogens (primary N) is 1. The number of benzene rings is 1. The lowest BCUT2D eigenvalue weighted by Crippen LogP contribution is -2.25. The van der Waals surface area contributed by atoms with E-state index in [0.29, 0.717) is 6.54 Å². The Kier molecular flexibility index (Phi) is 7.46. The predicted octanol–water partition coefficient (Wildman–Crippen LogP) is 2.30. The second-order valence-electron chi connectivity index (χ2n) is 4.41. The van der Waals surface area contributed by atoms with Gasteiger partial charge in [-0.15, -0.1) is 0 Å². The Hall–Kier alpha value is -1.06. The van der Waals surface area contributed by atoms with E-state index in [0.717, 1.165) is 44.8 Å². The summed E-state index contributed by atoms with van der Waals surface area (Å²) in [5.74, 6) is 0.959. The molecule has 0 atom stereocenters. The quantitative estimate of drug-likeness (QED) is 0.683. The van der Waals surface area contributed by atoms with E-state index >= 15 is 0 Å². The molecular weight excluding hydrogens is 224 g/mol. The van der Waals surface area contributed by atoms with Gasteiger partial charge in [0, 0.05) is 6.54 Å². The zero-order valence-corrected chi connectivity index (χ0v) is 11.7. The van der Waals surface area contributed by atoms with Crippen molar-refractivity contribution in [2.75, 3.05) is 32.8 Å². The smallest absolute Gasteiger partial charge is 0.119 e. The van der Waals surface area contributed by atoms with Crippen LogP contribution >= 0.6 is 0 Å². The predicted molar refractivity (Wildman–Crippen MR) is 77.1 cm³/mol. The van der Waals surface area contributed by atoms with Crippen LogP contribution in [0.1, 0.15) is 25.8 Å². The molecule has 0 spiro atoms. The molecule has 0 saturated heterocycles. The van der Waals surface area contributed by atoms with Crippen LogP contribution in [0, 0.1) is 0 Å². The Morgan fingerprint density at radius 3 is 2.67 bits per heavy atom. The van der Waals surface area contributed by atoms with E-state index in [2.05, 4.69) is 30.9 Å². The molecule has 18 heavy (non-hydrogen) atoms. The van der Waals surface area contributed by atoms with E-state index in [9.17, 15) is 0 Å². The minimum Gasteiger partial charge on any atom is -0.494 e. The molecule has 2 N–H and O–H groups in total. The zero-order chi connectivity index (χ0) is 13.2. The zero-order valence-electron chi connectivity index (χ0n) is 11.7. The number of hydrogen-bond donors (Lipinski definition) is 1. The van der Waals surface area contributed by atoms with Crippen LogP contribution in [0.4, 0.5) is 0 Å². The molecular formula is C15H26N2O. The van der Waals surface area contributed by atoms with Crippen molar-refractivity contribution in [2.24, 2.45) is 5.73 Å². The van der Waals surface area contributed by atoms with Crippen molar-refractivity contribution in [3.05, 3.63) is 29.8 Å². The maximum atomic E-state index is 5.76. The van der Waals surface area contributed by atoms with Crippen LogP contribution in [0.25, 0.3) is 0 Å². The van der Waals surface area contributed by atoms with Crippen LogP contribution in [0.2, 0.25) is 0 Å². The Labute approximate surface area is 111 Å². The first-order valence-electron chi connectivity index (χ1n) is 6.94. The van der Waals surface area contributed by atoms with Crippen LogP contribution in [0.15, 0.2) is 24.3 Å². The first-order chi connectivity index (χ1) is 8.80. The molecule has 1 aromatic carbocycles. The highest BCUT2D eigenvalue weighted by atomic mass is 16.5. The number of ether oxygens (including phenoxy) is 1. The molecule has 102 valence electrons. The lowest BCUT2D eigenvalue weighted by Gasteiger charge is -2.17. The molecule has 3 nitrogen and oxygen atoms in total. The normalized spacial score (nSPS) is 10.9. The highest BCUT2D eigenvalue weighted by Gasteiger charge is 2.00. The highest BCUT2D eigenvalue weighted by Crippen LogP contribution is 2.13. The standard InChI is InChI=1S/C15H26N2O/c1-3-17(4-2)11-6-12-18-15-8-5-7-14(13-15)9-10-16/h5,7-8,13H,3-4,6,9-12,16H2,1-2H3. The van der Waals surface area contributed by atoms with Crippen LogP contribution in [0.3, 0.4) is 0 Å². The topological polar surface area (TPSA) is 38.5 Å². The van der Waals surface area contributed by atoms with Crippen LogP contribution < -0.4 is 10.5 Å². The van der Waals surface area contributed by atoms with Gasteiger partial charge in [0.25, 0.3) is 0 Å². The average molecular weight is 250 g/mol. The van der Waals surface area contributed by atoms with Gasteiger partial charge in [0.2, 0.25) is 0 Å². The van der Waals surface area contributed by atoms with E-state index < -0.39 is 0 Å². The van der Waals surface area contributed by atoms with Crippen LogP contribution in [0.5, 0.6) is 5.75 Å². The van der Waals surface area contributed by atoms with Crippen LogP contribution in [-0.2, 0) is 6.42 Å². The molecule has 3 heteroatoms. The second kappa shape index (κ2) is 8.95. The third-order valence-corrected chi connectivity index (χ3v) is 3.11. The maximum Gasteiger partial charge on any atom is 0.119 e. The molecule has 0 bridgehead atoms. The van der Waals surface area contributed by atoms with E-state index in [1.165, 1.54) is 5.56 Å². The maximum absolute atomic E-state index is 5.76. The van der Waals surface area contributed by atoms with Gasteiger partial charge in [-0.25, -0.2) is 0 Å². The molecule has 1 aromatic rings. The fraction of sp³-hybridized carbons (Fsp3) is 0.600. The van der Waals surface area contributed by atoms with Crippen molar-refractivity contribution >= 4 is 0 Å². The lowest BCUT2D eigenvalue weighted by atomic mass is 10.1. The minimum atomic E-state index is 0.686. The fourth-order valence-corrected chi connectivity index (χ4v) is 1.98. The summed E-state index contributed by atoms with van der Waals surface area (Å²) in [6.07, 6.45) is 1.99. The van der Waals surface area contributed by atoms with Crippen LogP contribution in [-0.4, -0.2) is 37.7 Å². The monoisotopic (exact) mass is 250 g/mol. The molecule has 0 fully saturated rings. The van der Waals surface area contributed by atoms with E-state index in [4.69, 9.17) is 10.5 Å². The first-order valence-corrected chi connectivity index (χ1v) is 6.94. The van der Waals surface area contributed by atoms with Gasteiger partial charge < -0.3 is 15.4 Å². The lowest BCUT2D eigenvalue weighted by molar-refractivity contribution is 0.249. The van der Waals surface area contributed by atoms with Gasteiger partial charge in [-0.2, -0.15) is 0 Å². The van der Waals surface area contributed by atoms with Crippen molar-refractivity contribution < 1.29 is 4.74 Å². The molecule has 0 aliphatic rings. The van der Waals surface area contributed by atoms with Gasteiger partial charge in [0.1, 0.15) is 5.75 Å². The van der Waals surface area contributed by atoms with Gasteiger partial charge in [-0.1, -0.05) is 26.0 Å². The molecule has 0 aliphatic carbocycles. The fourth-order valence-electron chi connectivity index (χ4n) is 1.98. The average Bonchev–Trinajstić information content (AvgIpc) is 2.40. The number of hydrogen-bond acceptors (Lipinski definition) is 3. The molecule has 0 aliphatic heterocycles. The van der Waals surface area contributed by atoms with Gasteiger partial charge in [0.15, 0.2) is 0 Å². The second-order valence-corrected chi connectivity index (χ2v) is 4.41. The summed E-state index contributed by atoms with van der Waals surface area (Å²) in [6.45, 7) is 9.19. The molecule has 0 amide bonds. The summed E-state index contributed by atoms with van der Waals surface area (Å²) in [5.41, 5.74) is 6.80. The van der Waals surface area contributed by atoms with Gasteiger partial charge in [0.05, 0.1) is 6.61 Å². The summed E-state index contributed by atoms with van der Waals surface area (Å²) in [6, 6.07) is 8.22. The van der Waals surface area contributed by atoms with E-state index in [-0.39, 0.29) is 0 Å². The number of rotatable bonds is 9. The Balaban J connectivity index is 2.28. The van der Waals surface area contributed by atoms with Gasteiger partial charge in [-0.05, 0) is 50.2 Å². The SMILES string of the molecule is CCN(CC)CCCOc1cccc(CCN)c1. The molecule has 1 rings (SSSR count). The van der Waals surface area contributed by atoms with E-state index in [1.54, 1.807) is 0 Å². The number of nitrogens with zero attached hydrogens (tertiary/aromatic N) is 1. The third-order valence-electron chi connectivity index (χ3n) is 3.11. The summed E-state index contributed by atoms with van der Waals surface area (Å²) < 4.78 is 5.76. The summed E-state index contributed by atoms with van der Waals surface area (Å²) >= 11 is 0. The summed E-state index contributed by atoms with van der Waals surface area (Å²) in [4.78, 5) is 2.41.